The lowest BCUT2D eigenvalue weighted by Crippen LogP contribution is -2.09. The molecule has 1 aliphatic carbocycles. The number of para-hydroxylation sites is 1. The average Bonchev–Trinajstić information content (AvgIpc) is 3.30. The van der Waals surface area contributed by atoms with Gasteiger partial charge in [-0.3, -0.25) is 4.57 Å². The Morgan fingerprint density at radius 3 is 3.00 bits per heavy atom. The molecule has 0 spiro atoms. The fourth-order valence-electron chi connectivity index (χ4n) is 4.02. The fourth-order valence-corrected chi connectivity index (χ4v) is 6.25. The first-order valence-electron chi connectivity index (χ1n) is 9.89. The van der Waals surface area contributed by atoms with Crippen LogP contribution in [0.5, 0.6) is 0 Å². The second kappa shape index (κ2) is 7.46. The minimum absolute atomic E-state index is 0.625. The molecule has 5 nitrogen and oxygen atoms in total. The highest BCUT2D eigenvalue weighted by Crippen LogP contribution is 2.39. The van der Waals surface area contributed by atoms with Crippen molar-refractivity contribution in [2.45, 2.75) is 44.0 Å². The van der Waals surface area contributed by atoms with Crippen molar-refractivity contribution in [1.82, 2.24) is 19.5 Å². The van der Waals surface area contributed by atoms with E-state index in [0.717, 1.165) is 45.6 Å². The van der Waals surface area contributed by atoms with Crippen LogP contribution in [0.1, 0.15) is 35.2 Å². The van der Waals surface area contributed by atoms with E-state index >= 15 is 0 Å². The van der Waals surface area contributed by atoms with Gasteiger partial charge < -0.3 is 5.73 Å². The molecular formula is C22H23N5S2. The zero-order chi connectivity index (χ0) is 20.0. The molecule has 5 rings (SSSR count). The van der Waals surface area contributed by atoms with Crippen LogP contribution in [-0.4, -0.2) is 19.5 Å². The Kier molecular flexibility index (Phi) is 4.80. The summed E-state index contributed by atoms with van der Waals surface area (Å²) in [6.07, 6.45) is 7.27. The molecule has 0 aliphatic heterocycles. The lowest BCUT2D eigenvalue weighted by atomic mass is 9.89. The van der Waals surface area contributed by atoms with E-state index in [0.29, 0.717) is 11.6 Å². The van der Waals surface area contributed by atoms with E-state index in [1.807, 2.05) is 18.5 Å². The highest BCUT2D eigenvalue weighted by Gasteiger charge is 2.23. The van der Waals surface area contributed by atoms with Gasteiger partial charge in [-0.2, -0.15) is 0 Å². The summed E-state index contributed by atoms with van der Waals surface area (Å²) in [6, 6.07) is 8.32. The quantitative estimate of drug-likeness (QED) is 0.460. The molecule has 0 saturated heterocycles. The van der Waals surface area contributed by atoms with Gasteiger partial charge in [0.2, 0.25) is 0 Å². The van der Waals surface area contributed by atoms with Gasteiger partial charge in [0.15, 0.2) is 5.16 Å². The number of hydrogen-bond acceptors (Lipinski definition) is 6. The number of nitrogens with two attached hydrogens (primary N) is 1. The molecule has 7 heteroatoms. The summed E-state index contributed by atoms with van der Waals surface area (Å²) in [5, 5.41) is 2.02. The molecule has 0 fully saturated rings. The highest BCUT2D eigenvalue weighted by atomic mass is 32.2. The molecule has 0 unspecified atom stereocenters. The van der Waals surface area contributed by atoms with Gasteiger partial charge in [0.05, 0.1) is 16.8 Å². The number of thioether (sulfide) groups is 1. The number of imidazole rings is 1. The summed E-state index contributed by atoms with van der Waals surface area (Å²) in [7, 11) is 0. The van der Waals surface area contributed by atoms with Crippen LogP contribution >= 0.6 is 23.1 Å². The Bertz CT molecular complexity index is 1190. The van der Waals surface area contributed by atoms with Crippen LogP contribution in [0.15, 0.2) is 41.8 Å². The third-order valence-electron chi connectivity index (χ3n) is 5.54. The molecule has 148 valence electrons. The second-order valence-electron chi connectivity index (χ2n) is 7.71. The van der Waals surface area contributed by atoms with Crippen molar-refractivity contribution < 1.29 is 0 Å². The summed E-state index contributed by atoms with van der Waals surface area (Å²) < 4.78 is 2.12. The van der Waals surface area contributed by atoms with E-state index in [2.05, 4.69) is 46.6 Å². The molecule has 29 heavy (non-hydrogen) atoms. The summed E-state index contributed by atoms with van der Waals surface area (Å²) in [5.74, 6) is 2.77. The Balaban J connectivity index is 1.43. The number of nitrogens with zero attached hydrogens (tertiary/aromatic N) is 4. The maximum absolute atomic E-state index is 6.38. The number of hydrogen-bond donors (Lipinski definition) is 1. The van der Waals surface area contributed by atoms with E-state index in [-0.39, 0.29) is 0 Å². The molecule has 3 aromatic heterocycles. The van der Waals surface area contributed by atoms with Crippen molar-refractivity contribution in [2.24, 2.45) is 5.92 Å². The zero-order valence-corrected chi connectivity index (χ0v) is 18.2. The van der Waals surface area contributed by atoms with Gasteiger partial charge in [-0.25, -0.2) is 15.0 Å². The van der Waals surface area contributed by atoms with Crippen LogP contribution in [0, 0.1) is 12.8 Å². The lowest BCUT2D eigenvalue weighted by Gasteiger charge is -2.17. The predicted molar refractivity (Wildman–Crippen MR) is 121 cm³/mol. The Hall–Kier alpha value is -2.38. The number of thiophene rings is 1. The molecule has 1 aromatic carbocycles. The number of anilines is 1. The standard InChI is InChI=1S/C22H23N5S2/c1-13-7-8-15-17(11-13)29-21-19(15)20(23)25-18(26-21)12-28-22-24-9-10-27(22)16-6-4-3-5-14(16)2/h3-6,9-10,13H,7-8,11-12H2,1-2H3,(H2,23,25,26)/t13-/m1/s1. The van der Waals surface area contributed by atoms with Gasteiger partial charge >= 0.3 is 0 Å². The normalized spacial score (nSPS) is 16.3. The van der Waals surface area contributed by atoms with Crippen LogP contribution in [0.25, 0.3) is 15.9 Å². The van der Waals surface area contributed by atoms with E-state index in [1.165, 1.54) is 22.4 Å². The molecule has 1 aliphatic rings. The number of benzene rings is 1. The van der Waals surface area contributed by atoms with E-state index in [1.54, 1.807) is 23.1 Å². The first-order chi connectivity index (χ1) is 14.1. The van der Waals surface area contributed by atoms with Gasteiger partial charge in [-0.05, 0) is 49.3 Å². The lowest BCUT2D eigenvalue weighted by molar-refractivity contribution is 0.509. The van der Waals surface area contributed by atoms with Crippen LogP contribution in [0.2, 0.25) is 0 Å². The van der Waals surface area contributed by atoms with Crippen molar-refractivity contribution >= 4 is 39.1 Å². The molecule has 3 heterocycles. The zero-order valence-electron chi connectivity index (χ0n) is 16.6. The second-order valence-corrected chi connectivity index (χ2v) is 9.74. The summed E-state index contributed by atoms with van der Waals surface area (Å²) in [4.78, 5) is 16.5. The topological polar surface area (TPSA) is 69.6 Å². The third kappa shape index (κ3) is 3.42. The molecule has 4 aromatic rings. The van der Waals surface area contributed by atoms with Crippen molar-refractivity contribution in [2.75, 3.05) is 5.73 Å². The Morgan fingerprint density at radius 2 is 2.14 bits per heavy atom. The molecule has 0 bridgehead atoms. The number of aryl methyl sites for hydroxylation is 2. The van der Waals surface area contributed by atoms with Crippen molar-refractivity contribution in [1.29, 1.82) is 0 Å². The van der Waals surface area contributed by atoms with Crippen molar-refractivity contribution in [3.8, 4) is 5.69 Å². The van der Waals surface area contributed by atoms with Gasteiger partial charge in [-0.15, -0.1) is 11.3 Å². The summed E-state index contributed by atoms with van der Waals surface area (Å²) >= 11 is 3.43. The largest absolute Gasteiger partial charge is 0.383 e. The molecule has 0 radical (unpaired) electrons. The third-order valence-corrected chi connectivity index (χ3v) is 7.65. The summed E-state index contributed by atoms with van der Waals surface area (Å²) in [6.45, 7) is 4.43. The van der Waals surface area contributed by atoms with Gasteiger partial charge in [-0.1, -0.05) is 36.9 Å². The molecule has 2 N–H and O–H groups in total. The Labute approximate surface area is 178 Å². The molecule has 0 saturated carbocycles. The molecule has 0 amide bonds. The van der Waals surface area contributed by atoms with Crippen LogP contribution in [-0.2, 0) is 18.6 Å². The Morgan fingerprint density at radius 1 is 1.28 bits per heavy atom. The van der Waals surface area contributed by atoms with Crippen molar-refractivity contribution in [3.63, 3.8) is 0 Å². The van der Waals surface area contributed by atoms with E-state index in [9.17, 15) is 0 Å². The van der Waals surface area contributed by atoms with Crippen LogP contribution < -0.4 is 5.73 Å². The monoisotopic (exact) mass is 421 g/mol. The number of aromatic nitrogens is 4. The fraction of sp³-hybridized carbons (Fsp3) is 0.318. The number of rotatable bonds is 4. The molecular weight excluding hydrogens is 398 g/mol. The smallest absolute Gasteiger partial charge is 0.173 e. The number of fused-ring (bicyclic) bond motifs is 3. The maximum atomic E-state index is 6.38. The summed E-state index contributed by atoms with van der Waals surface area (Å²) in [5.41, 5.74) is 10.1. The average molecular weight is 422 g/mol. The SMILES string of the molecule is Cc1ccccc1-n1ccnc1SCc1nc(N)c2c3c(sc2n1)C[C@H](C)CC3. The van der Waals surface area contributed by atoms with Crippen molar-refractivity contribution in [3.05, 3.63) is 58.5 Å². The highest BCUT2D eigenvalue weighted by molar-refractivity contribution is 7.98. The minimum atomic E-state index is 0.625. The minimum Gasteiger partial charge on any atom is -0.383 e. The maximum Gasteiger partial charge on any atom is 0.173 e. The predicted octanol–water partition coefficient (Wildman–Crippen LogP) is 5.18. The van der Waals surface area contributed by atoms with E-state index < -0.39 is 0 Å². The van der Waals surface area contributed by atoms with Crippen LogP contribution in [0.3, 0.4) is 0 Å². The van der Waals surface area contributed by atoms with Gasteiger partial charge in [0.25, 0.3) is 0 Å². The molecule has 1 atom stereocenters. The van der Waals surface area contributed by atoms with Gasteiger partial charge in [0, 0.05) is 17.3 Å². The first-order valence-corrected chi connectivity index (χ1v) is 11.7. The van der Waals surface area contributed by atoms with E-state index in [4.69, 9.17) is 10.7 Å². The first kappa shape index (κ1) is 18.6. The number of nitrogen functional groups attached to an aromatic ring is 1. The van der Waals surface area contributed by atoms with Gasteiger partial charge in [0.1, 0.15) is 16.5 Å². The van der Waals surface area contributed by atoms with Crippen LogP contribution in [0.4, 0.5) is 5.82 Å².